The van der Waals surface area contributed by atoms with Gasteiger partial charge in [-0.05, 0) is 70.9 Å². The molecule has 0 aliphatic heterocycles. The average Bonchev–Trinajstić information content (AvgIpc) is 2.55. The lowest BCUT2D eigenvalue weighted by Gasteiger charge is -2.19. The molecule has 114 valence electrons. The van der Waals surface area contributed by atoms with E-state index in [4.69, 9.17) is 4.74 Å². The van der Waals surface area contributed by atoms with Crippen molar-refractivity contribution in [1.82, 2.24) is 0 Å². The monoisotopic (exact) mass is 359 g/mol. The lowest BCUT2D eigenvalue weighted by Crippen LogP contribution is -2.21. The second-order valence-electron chi connectivity index (χ2n) is 5.42. The van der Waals surface area contributed by atoms with Gasteiger partial charge in [0, 0.05) is 4.47 Å². The summed E-state index contributed by atoms with van der Waals surface area (Å²) in [6.07, 6.45) is 4.57. The van der Waals surface area contributed by atoms with Crippen LogP contribution in [-0.2, 0) is 17.6 Å². The summed E-state index contributed by atoms with van der Waals surface area (Å²) < 4.78 is 6.61. The lowest BCUT2D eigenvalue weighted by molar-refractivity contribution is -0.118. The molecule has 0 heterocycles. The number of ether oxygens (including phenoxy) is 1. The molecule has 0 aromatic heterocycles. The minimum atomic E-state index is -0.152. The van der Waals surface area contributed by atoms with Gasteiger partial charge in [0.05, 0.1) is 5.69 Å². The fourth-order valence-electron chi connectivity index (χ4n) is 2.77. The molecule has 0 fully saturated rings. The SMILES string of the molecule is O=C(COc1cccc2c1CCCC2)Nc1ccccc1Br. The summed E-state index contributed by atoms with van der Waals surface area (Å²) in [7, 11) is 0. The van der Waals surface area contributed by atoms with Crippen molar-refractivity contribution in [2.45, 2.75) is 25.7 Å². The fourth-order valence-corrected chi connectivity index (χ4v) is 3.16. The zero-order valence-electron chi connectivity index (χ0n) is 12.3. The van der Waals surface area contributed by atoms with Crippen LogP contribution in [0, 0.1) is 0 Å². The minimum Gasteiger partial charge on any atom is -0.483 e. The van der Waals surface area contributed by atoms with Crippen LogP contribution in [0.25, 0.3) is 0 Å². The predicted octanol–water partition coefficient (Wildman–Crippen LogP) is 4.35. The quantitative estimate of drug-likeness (QED) is 0.881. The van der Waals surface area contributed by atoms with Crippen LogP contribution < -0.4 is 10.1 Å². The summed E-state index contributed by atoms with van der Waals surface area (Å²) in [5.74, 6) is 0.694. The van der Waals surface area contributed by atoms with Crippen LogP contribution >= 0.6 is 15.9 Å². The Morgan fingerprint density at radius 1 is 1.09 bits per heavy atom. The highest BCUT2D eigenvalue weighted by atomic mass is 79.9. The third-order valence-electron chi connectivity index (χ3n) is 3.86. The van der Waals surface area contributed by atoms with Gasteiger partial charge in [0.15, 0.2) is 6.61 Å². The number of fused-ring (bicyclic) bond motifs is 1. The first-order valence-electron chi connectivity index (χ1n) is 7.52. The van der Waals surface area contributed by atoms with Crippen LogP contribution in [0.1, 0.15) is 24.0 Å². The molecule has 0 atom stereocenters. The van der Waals surface area contributed by atoms with Crippen LogP contribution in [0.5, 0.6) is 5.75 Å². The van der Waals surface area contributed by atoms with Crippen molar-refractivity contribution in [2.24, 2.45) is 0 Å². The molecule has 2 aromatic carbocycles. The summed E-state index contributed by atoms with van der Waals surface area (Å²) >= 11 is 3.41. The molecule has 2 aromatic rings. The Balaban J connectivity index is 1.63. The molecule has 0 unspecified atom stereocenters. The Morgan fingerprint density at radius 2 is 1.91 bits per heavy atom. The molecule has 4 heteroatoms. The van der Waals surface area contributed by atoms with E-state index >= 15 is 0 Å². The molecule has 0 spiro atoms. The topological polar surface area (TPSA) is 38.3 Å². The van der Waals surface area contributed by atoms with Crippen molar-refractivity contribution < 1.29 is 9.53 Å². The van der Waals surface area contributed by atoms with E-state index in [1.807, 2.05) is 36.4 Å². The molecular weight excluding hydrogens is 342 g/mol. The van der Waals surface area contributed by atoms with E-state index in [1.54, 1.807) is 0 Å². The predicted molar refractivity (Wildman–Crippen MR) is 91.4 cm³/mol. The number of hydrogen-bond donors (Lipinski definition) is 1. The zero-order valence-corrected chi connectivity index (χ0v) is 13.9. The maximum absolute atomic E-state index is 12.0. The summed E-state index contributed by atoms with van der Waals surface area (Å²) in [6.45, 7) is 0.0256. The number of carbonyl (C=O) groups is 1. The van der Waals surface area contributed by atoms with E-state index in [1.165, 1.54) is 24.0 Å². The number of nitrogens with one attached hydrogen (secondary N) is 1. The maximum atomic E-state index is 12.0. The number of carbonyl (C=O) groups excluding carboxylic acids is 1. The highest BCUT2D eigenvalue weighted by molar-refractivity contribution is 9.10. The van der Waals surface area contributed by atoms with Crippen LogP contribution in [0.2, 0.25) is 0 Å². The van der Waals surface area contributed by atoms with Crippen LogP contribution in [0.4, 0.5) is 5.69 Å². The van der Waals surface area contributed by atoms with Gasteiger partial charge >= 0.3 is 0 Å². The van der Waals surface area contributed by atoms with E-state index in [9.17, 15) is 4.79 Å². The minimum absolute atomic E-state index is 0.0256. The molecule has 1 aliphatic rings. The molecular formula is C18H18BrNO2. The molecule has 22 heavy (non-hydrogen) atoms. The van der Waals surface area contributed by atoms with Gasteiger partial charge < -0.3 is 10.1 Å². The second-order valence-corrected chi connectivity index (χ2v) is 6.27. The van der Waals surface area contributed by atoms with Crippen molar-refractivity contribution in [3.63, 3.8) is 0 Å². The largest absolute Gasteiger partial charge is 0.483 e. The highest BCUT2D eigenvalue weighted by Gasteiger charge is 2.14. The van der Waals surface area contributed by atoms with Gasteiger partial charge in [-0.2, -0.15) is 0 Å². The molecule has 0 saturated carbocycles. The summed E-state index contributed by atoms with van der Waals surface area (Å²) in [5.41, 5.74) is 3.38. The Morgan fingerprint density at radius 3 is 2.77 bits per heavy atom. The van der Waals surface area contributed by atoms with Crippen molar-refractivity contribution in [1.29, 1.82) is 0 Å². The van der Waals surface area contributed by atoms with Crippen LogP contribution in [-0.4, -0.2) is 12.5 Å². The molecule has 0 saturated heterocycles. The number of rotatable bonds is 4. The molecule has 0 bridgehead atoms. The Hall–Kier alpha value is -1.81. The molecule has 3 rings (SSSR count). The molecule has 0 radical (unpaired) electrons. The van der Waals surface area contributed by atoms with E-state index in [0.29, 0.717) is 0 Å². The van der Waals surface area contributed by atoms with Gasteiger partial charge in [0.1, 0.15) is 5.75 Å². The Kier molecular flexibility index (Phi) is 4.78. The van der Waals surface area contributed by atoms with Crippen LogP contribution in [0.15, 0.2) is 46.9 Å². The van der Waals surface area contributed by atoms with Gasteiger partial charge in [-0.3, -0.25) is 4.79 Å². The Bertz CT molecular complexity index is 685. The molecule has 3 nitrogen and oxygen atoms in total. The lowest BCUT2D eigenvalue weighted by atomic mass is 9.91. The van der Waals surface area contributed by atoms with Gasteiger partial charge in [-0.1, -0.05) is 24.3 Å². The third kappa shape index (κ3) is 3.50. The average molecular weight is 360 g/mol. The number of hydrogen-bond acceptors (Lipinski definition) is 2. The van der Waals surface area contributed by atoms with Crippen LogP contribution in [0.3, 0.4) is 0 Å². The van der Waals surface area contributed by atoms with E-state index < -0.39 is 0 Å². The van der Waals surface area contributed by atoms with Gasteiger partial charge in [0.25, 0.3) is 5.91 Å². The smallest absolute Gasteiger partial charge is 0.262 e. The summed E-state index contributed by atoms with van der Waals surface area (Å²) in [4.78, 5) is 12.0. The Labute approximate surface area is 138 Å². The van der Waals surface area contributed by atoms with Crippen molar-refractivity contribution >= 4 is 27.5 Å². The molecule has 1 amide bonds. The first-order chi connectivity index (χ1) is 10.7. The normalized spacial score (nSPS) is 13.3. The number of amides is 1. The van der Waals surface area contributed by atoms with Gasteiger partial charge in [0.2, 0.25) is 0 Å². The maximum Gasteiger partial charge on any atom is 0.262 e. The number of para-hydroxylation sites is 1. The van der Waals surface area contributed by atoms with E-state index in [0.717, 1.165) is 28.8 Å². The van der Waals surface area contributed by atoms with E-state index in [2.05, 4.69) is 27.3 Å². The second kappa shape index (κ2) is 6.97. The van der Waals surface area contributed by atoms with Crippen molar-refractivity contribution in [3.8, 4) is 5.75 Å². The summed E-state index contributed by atoms with van der Waals surface area (Å²) in [5, 5.41) is 2.85. The zero-order chi connectivity index (χ0) is 15.4. The highest BCUT2D eigenvalue weighted by Crippen LogP contribution is 2.29. The van der Waals surface area contributed by atoms with Gasteiger partial charge in [-0.25, -0.2) is 0 Å². The van der Waals surface area contributed by atoms with Crippen molar-refractivity contribution in [3.05, 3.63) is 58.1 Å². The van der Waals surface area contributed by atoms with Crippen molar-refractivity contribution in [2.75, 3.05) is 11.9 Å². The number of halogens is 1. The molecule has 1 N–H and O–H groups in total. The number of anilines is 1. The summed E-state index contributed by atoms with van der Waals surface area (Å²) in [6, 6.07) is 13.7. The molecule has 1 aliphatic carbocycles. The fraction of sp³-hybridized carbons (Fsp3) is 0.278. The first-order valence-corrected chi connectivity index (χ1v) is 8.31. The third-order valence-corrected chi connectivity index (χ3v) is 4.55. The number of aryl methyl sites for hydroxylation is 1. The van der Waals surface area contributed by atoms with Gasteiger partial charge in [-0.15, -0.1) is 0 Å². The number of benzene rings is 2. The standard InChI is InChI=1S/C18H18BrNO2/c19-15-9-3-4-10-16(15)20-18(21)12-22-17-11-5-7-13-6-1-2-8-14(13)17/h3-5,7,9-11H,1-2,6,8,12H2,(H,20,21). The first kappa shape index (κ1) is 15.1. The van der Waals surface area contributed by atoms with E-state index in [-0.39, 0.29) is 12.5 Å².